The molecule has 3 aromatic carbocycles. The lowest BCUT2D eigenvalue weighted by atomic mass is 10.0. The van der Waals surface area contributed by atoms with Crippen LogP contribution in [0.4, 0.5) is 43.9 Å². The summed E-state index contributed by atoms with van der Waals surface area (Å²) in [7, 11) is 1.43. The zero-order valence-corrected chi connectivity index (χ0v) is 26.6. The van der Waals surface area contributed by atoms with Crippen LogP contribution in [0, 0.1) is 58.2 Å². The third kappa shape index (κ3) is 5.13. The number of nitrogens with zero attached hydrogens (tertiary/aromatic N) is 1. The van der Waals surface area contributed by atoms with Gasteiger partial charge in [0.05, 0.1) is 40.7 Å². The van der Waals surface area contributed by atoms with Crippen LogP contribution in [0.2, 0.25) is 0 Å². The summed E-state index contributed by atoms with van der Waals surface area (Å²) in [5.74, 6) is -21.4. The molecule has 0 saturated heterocycles. The molecule has 7 aromatic rings. The van der Waals surface area contributed by atoms with Gasteiger partial charge in [0.2, 0.25) is 11.6 Å². The molecule has 1 aliphatic heterocycles. The van der Waals surface area contributed by atoms with Gasteiger partial charge in [-0.2, -0.15) is 0 Å². The molecule has 4 aromatic heterocycles. The van der Waals surface area contributed by atoms with Crippen LogP contribution in [0.25, 0.3) is 78.6 Å². The first kappa shape index (κ1) is 33.6. The van der Waals surface area contributed by atoms with E-state index < -0.39 is 80.4 Å². The molecule has 15 heteroatoms. The fourth-order valence-electron chi connectivity index (χ4n) is 6.39. The van der Waals surface area contributed by atoms with Crippen molar-refractivity contribution in [2.75, 3.05) is 7.11 Å². The lowest BCUT2D eigenvalue weighted by Crippen LogP contribution is -2.05. The number of rotatable bonds is 4. The van der Waals surface area contributed by atoms with E-state index in [-0.39, 0.29) is 50.1 Å². The Balaban J connectivity index is 1.59. The minimum Gasteiger partial charge on any atom is -0.497 e. The molecule has 1 aliphatic rings. The van der Waals surface area contributed by atoms with E-state index in [1.807, 2.05) is 0 Å². The van der Waals surface area contributed by atoms with Crippen molar-refractivity contribution in [3.8, 4) is 39.1 Å². The number of nitrogens with one attached hydrogen (secondary N) is 3. The van der Waals surface area contributed by atoms with Gasteiger partial charge in [0, 0.05) is 38.8 Å². The van der Waals surface area contributed by atoms with Crippen LogP contribution in [0.15, 0.2) is 60.7 Å². The van der Waals surface area contributed by atoms with Crippen LogP contribution in [0.1, 0.15) is 11.4 Å². The average molecular weight is 737 g/mol. The highest BCUT2D eigenvalue weighted by atomic mass is 19.2. The van der Waals surface area contributed by atoms with Gasteiger partial charge in [0.1, 0.15) is 5.75 Å². The highest BCUT2D eigenvalue weighted by Gasteiger charge is 2.31. The van der Waals surface area contributed by atoms with Gasteiger partial charge in [-0.1, -0.05) is 12.1 Å². The molecule has 0 amide bonds. The SMILES string of the molecule is COc1ccc(-c2c3nc(c(-c4c(F)c(F)c(F)c(F)c4F)c4ccc([nH]4)c4ccc([nH]4)c(-c4c(F)c(F)c(F)c(F)c4F)c4ccc2[nH]4)C=C3)cc1. The molecular formula is C38H18F10N4O. The van der Waals surface area contributed by atoms with Crippen molar-refractivity contribution in [1.82, 2.24) is 19.9 Å². The van der Waals surface area contributed by atoms with Gasteiger partial charge in [0.15, 0.2) is 46.5 Å². The van der Waals surface area contributed by atoms with Crippen molar-refractivity contribution in [2.24, 2.45) is 0 Å². The Bertz CT molecular complexity index is 2780. The Hall–Kier alpha value is -6.51. The van der Waals surface area contributed by atoms with E-state index in [2.05, 4.69) is 19.9 Å². The van der Waals surface area contributed by atoms with E-state index in [1.54, 1.807) is 24.3 Å². The summed E-state index contributed by atoms with van der Waals surface area (Å²) in [6.07, 6.45) is 2.70. The van der Waals surface area contributed by atoms with Crippen LogP contribution >= 0.6 is 0 Å². The van der Waals surface area contributed by atoms with Crippen LogP contribution < -0.4 is 4.74 Å². The number of hydrogen-bond acceptors (Lipinski definition) is 2. The third-order valence-corrected chi connectivity index (χ3v) is 8.88. The summed E-state index contributed by atoms with van der Waals surface area (Å²) in [4.78, 5) is 13.3. The molecule has 0 saturated carbocycles. The summed E-state index contributed by atoms with van der Waals surface area (Å²) in [5.41, 5.74) is -2.91. The molecule has 5 heterocycles. The zero-order valence-electron chi connectivity index (χ0n) is 26.6. The van der Waals surface area contributed by atoms with E-state index in [0.717, 1.165) is 0 Å². The van der Waals surface area contributed by atoms with Crippen molar-refractivity contribution in [3.63, 3.8) is 0 Å². The first-order valence-electron chi connectivity index (χ1n) is 15.4. The number of aromatic amines is 3. The topological polar surface area (TPSA) is 69.5 Å². The molecular weight excluding hydrogens is 718 g/mol. The predicted molar refractivity (Wildman–Crippen MR) is 178 cm³/mol. The summed E-state index contributed by atoms with van der Waals surface area (Å²) >= 11 is 0. The highest BCUT2D eigenvalue weighted by molar-refractivity contribution is 6.00. The third-order valence-electron chi connectivity index (χ3n) is 8.88. The summed E-state index contributed by atoms with van der Waals surface area (Å²) in [6, 6.07) is 14.5. The Labute approximate surface area is 290 Å². The predicted octanol–water partition coefficient (Wildman–Crippen LogP) is 11.1. The summed E-state index contributed by atoms with van der Waals surface area (Å²) in [6.45, 7) is 0. The Morgan fingerprint density at radius 2 is 0.717 bits per heavy atom. The standard InChI is InChI=1S/C38H18F10N4O/c1-53-15-4-2-14(3-5-15)24-18-10-12-22(51-18)25(27-29(39)33(43)37(47)34(44)30(27)40)20-8-6-16(49-20)17-7-9-21(50-17)26(23-13-11-19(24)52-23)28-31(41)35(45)38(48)36(46)32(28)42/h2-13,49-51H,1H3. The van der Waals surface area contributed by atoms with E-state index in [1.165, 1.54) is 55.7 Å². The van der Waals surface area contributed by atoms with Crippen LogP contribution in [0.5, 0.6) is 5.75 Å². The van der Waals surface area contributed by atoms with Crippen molar-refractivity contribution in [1.29, 1.82) is 0 Å². The average Bonchev–Trinajstić information content (AvgIpc) is 4.00. The summed E-state index contributed by atoms with van der Waals surface area (Å²) < 4.78 is 154. The number of H-pyrrole nitrogens is 3. The van der Waals surface area contributed by atoms with E-state index >= 15 is 17.6 Å². The Morgan fingerprint density at radius 1 is 0.377 bits per heavy atom. The maximum atomic E-state index is 15.5. The van der Waals surface area contributed by atoms with Crippen LogP contribution in [-0.4, -0.2) is 27.0 Å². The minimum absolute atomic E-state index is 0.0842. The molecule has 53 heavy (non-hydrogen) atoms. The molecule has 0 fully saturated rings. The second kappa shape index (κ2) is 12.3. The molecule has 0 aliphatic carbocycles. The lowest BCUT2D eigenvalue weighted by Gasteiger charge is -2.10. The number of hydrogen-bond donors (Lipinski definition) is 3. The molecule has 0 atom stereocenters. The minimum atomic E-state index is -2.36. The van der Waals surface area contributed by atoms with E-state index in [0.29, 0.717) is 11.3 Å². The molecule has 3 N–H and O–H groups in total. The number of methoxy groups -OCH3 is 1. The molecule has 0 unspecified atom stereocenters. The maximum absolute atomic E-state index is 15.5. The number of ether oxygens (including phenoxy) is 1. The quantitative estimate of drug-likeness (QED) is 0.0957. The van der Waals surface area contributed by atoms with Crippen LogP contribution in [-0.2, 0) is 0 Å². The first-order valence-corrected chi connectivity index (χ1v) is 15.4. The van der Waals surface area contributed by atoms with Crippen LogP contribution in [0.3, 0.4) is 0 Å². The second-order valence-electron chi connectivity index (χ2n) is 11.8. The molecule has 8 rings (SSSR count). The highest BCUT2D eigenvalue weighted by Crippen LogP contribution is 2.41. The fourth-order valence-corrected chi connectivity index (χ4v) is 6.39. The molecule has 0 spiro atoms. The van der Waals surface area contributed by atoms with Crippen molar-refractivity contribution in [3.05, 3.63) is 130 Å². The largest absolute Gasteiger partial charge is 0.497 e. The van der Waals surface area contributed by atoms with Gasteiger partial charge in [-0.15, -0.1) is 0 Å². The maximum Gasteiger partial charge on any atom is 0.200 e. The second-order valence-corrected chi connectivity index (χ2v) is 11.8. The number of fused-ring (bicyclic) bond motifs is 9. The zero-order chi connectivity index (χ0) is 37.5. The molecule has 8 bridgehead atoms. The number of halogens is 10. The number of aromatic nitrogens is 4. The van der Waals surface area contributed by atoms with Gasteiger partial charge < -0.3 is 19.7 Å². The van der Waals surface area contributed by atoms with E-state index in [4.69, 9.17) is 4.74 Å². The molecule has 266 valence electrons. The van der Waals surface area contributed by atoms with Crippen molar-refractivity contribution >= 4 is 45.3 Å². The Morgan fingerprint density at radius 3 is 1.17 bits per heavy atom. The van der Waals surface area contributed by atoms with Gasteiger partial charge in [-0.3, -0.25) is 0 Å². The fraction of sp³-hybridized carbons (Fsp3) is 0.0263. The normalized spacial score (nSPS) is 12.0. The smallest absolute Gasteiger partial charge is 0.200 e. The first-order chi connectivity index (χ1) is 25.4. The van der Waals surface area contributed by atoms with Gasteiger partial charge >= 0.3 is 0 Å². The van der Waals surface area contributed by atoms with Crippen molar-refractivity contribution < 1.29 is 48.6 Å². The molecule has 5 nitrogen and oxygen atoms in total. The Kier molecular flexibility index (Phi) is 7.82. The van der Waals surface area contributed by atoms with Gasteiger partial charge in [0.25, 0.3) is 0 Å². The molecule has 0 radical (unpaired) electrons. The monoisotopic (exact) mass is 736 g/mol. The van der Waals surface area contributed by atoms with E-state index in [9.17, 15) is 26.3 Å². The van der Waals surface area contributed by atoms with Gasteiger partial charge in [-0.05, 0) is 66.2 Å². The van der Waals surface area contributed by atoms with Gasteiger partial charge in [-0.25, -0.2) is 48.9 Å². The summed E-state index contributed by atoms with van der Waals surface area (Å²) in [5, 5.41) is 0. The number of benzene rings is 3. The lowest BCUT2D eigenvalue weighted by molar-refractivity contribution is 0.381. The van der Waals surface area contributed by atoms with Crippen molar-refractivity contribution in [2.45, 2.75) is 0 Å².